The summed E-state index contributed by atoms with van der Waals surface area (Å²) < 4.78 is 12.7. The summed E-state index contributed by atoms with van der Waals surface area (Å²) in [4.78, 5) is 3.79. The van der Waals surface area contributed by atoms with Crippen molar-refractivity contribution < 1.29 is 4.39 Å². The van der Waals surface area contributed by atoms with Gasteiger partial charge in [0.15, 0.2) is 0 Å². The fraction of sp³-hybridized carbons (Fsp3) is 0.500. The number of nitrogens with one attached hydrogen (secondary N) is 1. The van der Waals surface area contributed by atoms with Crippen LogP contribution in [0.3, 0.4) is 0 Å². The predicted octanol–water partition coefficient (Wildman–Crippen LogP) is 1.76. The van der Waals surface area contributed by atoms with E-state index in [0.29, 0.717) is 0 Å². The zero-order chi connectivity index (χ0) is 9.52. The first kappa shape index (κ1) is 10.1. The van der Waals surface area contributed by atoms with Crippen molar-refractivity contribution in [3.8, 4) is 0 Å². The van der Waals surface area contributed by atoms with E-state index in [2.05, 4.69) is 17.2 Å². The molecule has 0 atom stereocenters. The zero-order valence-electron chi connectivity index (χ0n) is 7.89. The highest BCUT2D eigenvalue weighted by Crippen LogP contribution is 2.03. The lowest BCUT2D eigenvalue weighted by Gasteiger charge is -2.01. The number of aryl methyl sites for hydroxylation is 1. The Labute approximate surface area is 78.2 Å². The Morgan fingerprint density at radius 1 is 1.46 bits per heavy atom. The van der Waals surface area contributed by atoms with Gasteiger partial charge in [0, 0.05) is 6.20 Å². The molecule has 3 heteroatoms. The van der Waals surface area contributed by atoms with Gasteiger partial charge >= 0.3 is 0 Å². The van der Waals surface area contributed by atoms with Crippen LogP contribution in [0.25, 0.3) is 0 Å². The maximum atomic E-state index is 12.7. The van der Waals surface area contributed by atoms with Crippen LogP contribution in [0, 0.1) is 5.82 Å². The highest BCUT2D eigenvalue weighted by atomic mass is 19.1. The molecule has 1 aromatic heterocycles. The van der Waals surface area contributed by atoms with Gasteiger partial charge in [0.2, 0.25) is 0 Å². The molecule has 1 heterocycles. The molecule has 0 aromatic carbocycles. The summed E-state index contributed by atoms with van der Waals surface area (Å²) in [6.45, 7) is 4.04. The summed E-state index contributed by atoms with van der Waals surface area (Å²) in [6.07, 6.45) is 4.86. The van der Waals surface area contributed by atoms with Crippen molar-refractivity contribution in [3.05, 3.63) is 29.8 Å². The molecular formula is C10H15FN2. The first-order valence-electron chi connectivity index (χ1n) is 4.63. The van der Waals surface area contributed by atoms with Crippen molar-refractivity contribution >= 4 is 0 Å². The van der Waals surface area contributed by atoms with Crippen LogP contribution in [-0.2, 0) is 6.42 Å². The van der Waals surface area contributed by atoms with Gasteiger partial charge in [0.25, 0.3) is 0 Å². The van der Waals surface area contributed by atoms with Gasteiger partial charge in [-0.15, -0.1) is 0 Å². The molecule has 0 saturated carbocycles. The third-order valence-corrected chi connectivity index (χ3v) is 1.83. The number of hydrogen-bond acceptors (Lipinski definition) is 2. The van der Waals surface area contributed by atoms with Crippen molar-refractivity contribution in [2.45, 2.75) is 19.8 Å². The molecule has 0 spiro atoms. The van der Waals surface area contributed by atoms with Crippen LogP contribution >= 0.6 is 0 Å². The van der Waals surface area contributed by atoms with E-state index in [1.54, 1.807) is 12.3 Å². The van der Waals surface area contributed by atoms with E-state index in [4.69, 9.17) is 0 Å². The lowest BCUT2D eigenvalue weighted by atomic mass is 10.1. The van der Waals surface area contributed by atoms with Crippen molar-refractivity contribution in [2.24, 2.45) is 0 Å². The van der Waals surface area contributed by atoms with Crippen LogP contribution in [0.4, 0.5) is 4.39 Å². The van der Waals surface area contributed by atoms with Gasteiger partial charge < -0.3 is 5.32 Å². The topological polar surface area (TPSA) is 24.9 Å². The minimum absolute atomic E-state index is 0.249. The fourth-order valence-electron chi connectivity index (χ4n) is 1.19. The molecule has 0 aliphatic heterocycles. The maximum absolute atomic E-state index is 12.7. The third-order valence-electron chi connectivity index (χ3n) is 1.83. The molecule has 0 radical (unpaired) electrons. The molecule has 0 saturated heterocycles. The van der Waals surface area contributed by atoms with E-state index in [-0.39, 0.29) is 5.82 Å². The van der Waals surface area contributed by atoms with Crippen molar-refractivity contribution in [1.29, 1.82) is 0 Å². The van der Waals surface area contributed by atoms with Gasteiger partial charge in [-0.05, 0) is 37.6 Å². The van der Waals surface area contributed by atoms with Gasteiger partial charge in [-0.3, -0.25) is 4.98 Å². The Bertz CT molecular complexity index is 250. The molecule has 0 bridgehead atoms. The molecule has 72 valence electrons. The van der Waals surface area contributed by atoms with Crippen LogP contribution in [0.2, 0.25) is 0 Å². The molecule has 13 heavy (non-hydrogen) atoms. The number of aromatic nitrogens is 1. The second kappa shape index (κ2) is 5.65. The summed E-state index contributed by atoms with van der Waals surface area (Å²) in [5, 5.41) is 3.22. The number of hydrogen-bond donors (Lipinski definition) is 1. The monoisotopic (exact) mass is 182 g/mol. The quantitative estimate of drug-likeness (QED) is 0.702. The van der Waals surface area contributed by atoms with E-state index >= 15 is 0 Å². The second-order valence-corrected chi connectivity index (χ2v) is 2.97. The van der Waals surface area contributed by atoms with E-state index in [1.807, 2.05) is 0 Å². The van der Waals surface area contributed by atoms with Gasteiger partial charge in [0.05, 0.1) is 6.20 Å². The first-order valence-corrected chi connectivity index (χ1v) is 4.63. The largest absolute Gasteiger partial charge is 0.317 e. The van der Waals surface area contributed by atoms with Crippen LogP contribution in [-0.4, -0.2) is 18.1 Å². The lowest BCUT2D eigenvalue weighted by Crippen LogP contribution is -2.14. The zero-order valence-corrected chi connectivity index (χ0v) is 7.89. The van der Waals surface area contributed by atoms with E-state index < -0.39 is 0 Å². The smallest absolute Gasteiger partial charge is 0.141 e. The second-order valence-electron chi connectivity index (χ2n) is 2.97. The number of rotatable bonds is 5. The van der Waals surface area contributed by atoms with Crippen molar-refractivity contribution in [1.82, 2.24) is 10.3 Å². The molecule has 1 N–H and O–H groups in total. The average molecular weight is 182 g/mol. The van der Waals surface area contributed by atoms with Crippen molar-refractivity contribution in [3.63, 3.8) is 0 Å². The minimum atomic E-state index is -0.249. The molecule has 0 aliphatic carbocycles. The molecule has 0 unspecified atom stereocenters. The molecule has 0 aliphatic rings. The number of halogens is 1. The Morgan fingerprint density at radius 3 is 3.00 bits per heavy atom. The summed E-state index contributed by atoms with van der Waals surface area (Å²) in [6, 6.07) is 1.54. The minimum Gasteiger partial charge on any atom is -0.317 e. The average Bonchev–Trinajstić information content (AvgIpc) is 2.13. The SMILES string of the molecule is CCNCCCc1cncc(F)c1. The summed E-state index contributed by atoms with van der Waals surface area (Å²) in [5.41, 5.74) is 0.970. The molecule has 0 fully saturated rings. The number of nitrogens with zero attached hydrogens (tertiary/aromatic N) is 1. The van der Waals surface area contributed by atoms with E-state index in [0.717, 1.165) is 31.5 Å². The van der Waals surface area contributed by atoms with Gasteiger partial charge in [-0.2, -0.15) is 0 Å². The Hall–Kier alpha value is -0.960. The molecule has 1 aromatic rings. The van der Waals surface area contributed by atoms with Crippen molar-refractivity contribution in [2.75, 3.05) is 13.1 Å². The van der Waals surface area contributed by atoms with Crippen LogP contribution in [0.1, 0.15) is 18.9 Å². The van der Waals surface area contributed by atoms with Gasteiger partial charge in [0.1, 0.15) is 5.82 Å². The Kier molecular flexibility index (Phi) is 4.40. The van der Waals surface area contributed by atoms with E-state index in [1.165, 1.54) is 6.20 Å². The Balaban J connectivity index is 2.28. The molecule has 0 amide bonds. The Morgan fingerprint density at radius 2 is 2.31 bits per heavy atom. The standard InChI is InChI=1S/C10H15FN2/c1-2-12-5-3-4-9-6-10(11)8-13-7-9/h6-8,12H,2-5H2,1H3. The first-order chi connectivity index (χ1) is 6.33. The van der Waals surface area contributed by atoms with E-state index in [9.17, 15) is 4.39 Å². The fourth-order valence-corrected chi connectivity index (χ4v) is 1.19. The number of pyridine rings is 1. The normalized spacial score (nSPS) is 10.3. The van der Waals surface area contributed by atoms with Crippen LogP contribution in [0.5, 0.6) is 0 Å². The third kappa shape index (κ3) is 3.99. The summed E-state index contributed by atoms with van der Waals surface area (Å²) >= 11 is 0. The van der Waals surface area contributed by atoms with Crippen LogP contribution < -0.4 is 5.32 Å². The maximum Gasteiger partial charge on any atom is 0.141 e. The molecule has 2 nitrogen and oxygen atoms in total. The van der Waals surface area contributed by atoms with Gasteiger partial charge in [-0.1, -0.05) is 6.92 Å². The summed E-state index contributed by atoms with van der Waals surface area (Å²) in [5.74, 6) is -0.249. The predicted molar refractivity (Wildman–Crippen MR) is 51.1 cm³/mol. The summed E-state index contributed by atoms with van der Waals surface area (Å²) in [7, 11) is 0. The highest BCUT2D eigenvalue weighted by Gasteiger charge is 1.95. The molecular weight excluding hydrogens is 167 g/mol. The van der Waals surface area contributed by atoms with Crippen LogP contribution in [0.15, 0.2) is 18.5 Å². The lowest BCUT2D eigenvalue weighted by molar-refractivity contribution is 0.615. The highest BCUT2D eigenvalue weighted by molar-refractivity contribution is 5.09. The van der Waals surface area contributed by atoms with Gasteiger partial charge in [-0.25, -0.2) is 4.39 Å². The molecule has 1 rings (SSSR count).